The molecule has 126 valence electrons. The number of hydrogen-bond donors (Lipinski definition) is 1. The molecule has 0 saturated carbocycles. The van der Waals surface area contributed by atoms with E-state index in [4.69, 9.17) is 10.5 Å². The highest BCUT2D eigenvalue weighted by Gasteiger charge is 2.40. The molecule has 2 rings (SSSR count). The summed E-state index contributed by atoms with van der Waals surface area (Å²) in [4.78, 5) is 18.4. The van der Waals surface area contributed by atoms with E-state index in [0.717, 1.165) is 19.3 Å². The van der Waals surface area contributed by atoms with Gasteiger partial charge < -0.3 is 15.4 Å². The molecular formula is C15H25Cl2N3O2. The molecule has 7 heteroatoms. The minimum atomic E-state index is -0.425. The molecular weight excluding hydrogens is 325 g/mol. The van der Waals surface area contributed by atoms with Crippen LogP contribution in [-0.4, -0.2) is 49.1 Å². The molecule has 0 unspecified atom stereocenters. The molecule has 1 aromatic rings. The van der Waals surface area contributed by atoms with Crippen molar-refractivity contribution in [1.82, 2.24) is 9.88 Å². The van der Waals surface area contributed by atoms with Gasteiger partial charge in [-0.1, -0.05) is 0 Å². The number of amides is 1. The number of likely N-dealkylation sites (N-methyl/N-ethyl adjacent to an activating group) is 1. The van der Waals surface area contributed by atoms with Crippen molar-refractivity contribution in [3.8, 4) is 0 Å². The second-order valence-corrected chi connectivity index (χ2v) is 5.43. The van der Waals surface area contributed by atoms with E-state index < -0.39 is 5.41 Å². The van der Waals surface area contributed by atoms with Gasteiger partial charge in [-0.3, -0.25) is 9.78 Å². The second-order valence-electron chi connectivity index (χ2n) is 5.43. The molecule has 0 aromatic carbocycles. The highest BCUT2D eigenvalue weighted by Crippen LogP contribution is 2.31. The van der Waals surface area contributed by atoms with E-state index in [1.807, 2.05) is 19.2 Å². The van der Waals surface area contributed by atoms with Gasteiger partial charge in [0.2, 0.25) is 5.91 Å². The fourth-order valence-corrected chi connectivity index (χ4v) is 2.62. The Kier molecular flexibility index (Phi) is 9.60. The number of rotatable bonds is 5. The van der Waals surface area contributed by atoms with E-state index in [1.54, 1.807) is 17.3 Å². The summed E-state index contributed by atoms with van der Waals surface area (Å²) in [7, 11) is 1.86. The Labute approximate surface area is 144 Å². The first-order valence-electron chi connectivity index (χ1n) is 7.10. The number of nitrogens with two attached hydrogens (primary N) is 1. The van der Waals surface area contributed by atoms with Gasteiger partial charge in [-0.05, 0) is 37.0 Å². The molecule has 1 aromatic heterocycles. The zero-order valence-electron chi connectivity index (χ0n) is 12.9. The average molecular weight is 350 g/mol. The highest BCUT2D eigenvalue weighted by molar-refractivity contribution is 5.85. The number of carbonyl (C=O) groups excluding carboxylic acids is 1. The second kappa shape index (κ2) is 10.0. The van der Waals surface area contributed by atoms with Gasteiger partial charge in [0.1, 0.15) is 0 Å². The lowest BCUT2D eigenvalue weighted by Gasteiger charge is -2.37. The van der Waals surface area contributed by atoms with Crippen LogP contribution in [0.25, 0.3) is 0 Å². The van der Waals surface area contributed by atoms with Crippen molar-refractivity contribution >= 4 is 30.7 Å². The Balaban J connectivity index is 0.00000220. The van der Waals surface area contributed by atoms with Gasteiger partial charge in [0, 0.05) is 45.7 Å². The lowest BCUT2D eigenvalue weighted by atomic mass is 9.79. The van der Waals surface area contributed by atoms with E-state index in [-0.39, 0.29) is 30.7 Å². The molecule has 0 atom stereocenters. The predicted octanol–water partition coefficient (Wildman–Crippen LogP) is 1.68. The third-order valence-electron chi connectivity index (χ3n) is 4.13. The van der Waals surface area contributed by atoms with Crippen LogP contribution in [0.5, 0.6) is 0 Å². The first kappa shape index (κ1) is 21.1. The zero-order chi connectivity index (χ0) is 14.4. The first-order chi connectivity index (χ1) is 9.68. The van der Waals surface area contributed by atoms with Crippen molar-refractivity contribution in [3.63, 3.8) is 0 Å². The Hall–Kier alpha value is -0.880. The summed E-state index contributed by atoms with van der Waals surface area (Å²) in [6.07, 6.45) is 5.83. The van der Waals surface area contributed by atoms with Crippen LogP contribution in [-0.2, 0) is 16.0 Å². The maximum Gasteiger partial charge on any atom is 0.229 e. The number of ether oxygens (including phenoxy) is 1. The van der Waals surface area contributed by atoms with Crippen molar-refractivity contribution < 1.29 is 9.53 Å². The summed E-state index contributed by atoms with van der Waals surface area (Å²) in [5, 5.41) is 0. The van der Waals surface area contributed by atoms with Crippen molar-refractivity contribution in [1.29, 1.82) is 0 Å². The van der Waals surface area contributed by atoms with Gasteiger partial charge >= 0.3 is 0 Å². The third-order valence-corrected chi connectivity index (χ3v) is 4.13. The Morgan fingerprint density at radius 1 is 1.32 bits per heavy atom. The molecule has 1 aliphatic heterocycles. The fourth-order valence-electron chi connectivity index (χ4n) is 2.62. The van der Waals surface area contributed by atoms with Crippen molar-refractivity contribution in [2.24, 2.45) is 11.1 Å². The molecule has 1 aliphatic rings. The van der Waals surface area contributed by atoms with Gasteiger partial charge in [0.15, 0.2) is 0 Å². The standard InChI is InChI=1S/C15H23N3O2.2ClH/c1-18(9-4-13-2-7-17-8-3-13)14(19)15(12-16)5-10-20-11-6-15;;/h2-3,7-8H,4-6,9-12,16H2,1H3;2*1H. The average Bonchev–Trinajstić information content (AvgIpc) is 2.53. The van der Waals surface area contributed by atoms with Crippen molar-refractivity contribution in [3.05, 3.63) is 30.1 Å². The number of halogens is 2. The number of carbonyl (C=O) groups is 1. The minimum absolute atomic E-state index is 0. The topological polar surface area (TPSA) is 68.5 Å². The lowest BCUT2D eigenvalue weighted by molar-refractivity contribution is -0.145. The lowest BCUT2D eigenvalue weighted by Crippen LogP contribution is -2.50. The molecule has 0 aliphatic carbocycles. The molecule has 1 saturated heterocycles. The smallest absolute Gasteiger partial charge is 0.229 e. The van der Waals surface area contributed by atoms with Crippen LogP contribution in [0.3, 0.4) is 0 Å². The van der Waals surface area contributed by atoms with Gasteiger partial charge in [-0.25, -0.2) is 0 Å². The number of aromatic nitrogens is 1. The third kappa shape index (κ3) is 5.09. The van der Waals surface area contributed by atoms with Crippen LogP contribution in [0.15, 0.2) is 24.5 Å². The molecule has 2 heterocycles. The predicted molar refractivity (Wildman–Crippen MR) is 91.6 cm³/mol. The summed E-state index contributed by atoms with van der Waals surface area (Å²) >= 11 is 0. The van der Waals surface area contributed by atoms with E-state index in [0.29, 0.717) is 26.3 Å². The van der Waals surface area contributed by atoms with Crippen LogP contribution >= 0.6 is 24.8 Å². The first-order valence-corrected chi connectivity index (χ1v) is 7.10. The van der Waals surface area contributed by atoms with Gasteiger partial charge in [-0.2, -0.15) is 0 Å². The number of pyridine rings is 1. The monoisotopic (exact) mass is 349 g/mol. The summed E-state index contributed by atoms with van der Waals surface area (Å²) in [5.74, 6) is 0.150. The molecule has 1 amide bonds. The van der Waals surface area contributed by atoms with Crippen LogP contribution in [0, 0.1) is 5.41 Å². The normalized spacial score (nSPS) is 16.1. The largest absolute Gasteiger partial charge is 0.381 e. The van der Waals surface area contributed by atoms with E-state index >= 15 is 0 Å². The minimum Gasteiger partial charge on any atom is -0.381 e. The maximum atomic E-state index is 12.7. The van der Waals surface area contributed by atoms with Gasteiger partial charge in [0.25, 0.3) is 0 Å². The molecule has 22 heavy (non-hydrogen) atoms. The Bertz CT molecular complexity index is 440. The summed E-state index contributed by atoms with van der Waals surface area (Å²) in [6, 6.07) is 3.96. The summed E-state index contributed by atoms with van der Waals surface area (Å²) in [6.45, 7) is 2.35. The van der Waals surface area contributed by atoms with Crippen LogP contribution in [0.2, 0.25) is 0 Å². The molecule has 2 N–H and O–H groups in total. The fraction of sp³-hybridized carbons (Fsp3) is 0.600. The van der Waals surface area contributed by atoms with Crippen molar-refractivity contribution in [2.45, 2.75) is 19.3 Å². The zero-order valence-corrected chi connectivity index (χ0v) is 14.5. The van der Waals surface area contributed by atoms with Gasteiger partial charge in [0.05, 0.1) is 5.41 Å². The van der Waals surface area contributed by atoms with E-state index in [2.05, 4.69) is 4.98 Å². The van der Waals surface area contributed by atoms with Gasteiger partial charge in [-0.15, -0.1) is 24.8 Å². The molecule has 0 bridgehead atoms. The molecule has 0 radical (unpaired) electrons. The van der Waals surface area contributed by atoms with E-state index in [9.17, 15) is 4.79 Å². The number of nitrogens with zero attached hydrogens (tertiary/aromatic N) is 2. The molecule has 5 nitrogen and oxygen atoms in total. The summed E-state index contributed by atoms with van der Waals surface area (Å²) in [5.41, 5.74) is 6.64. The SMILES string of the molecule is CN(CCc1ccncc1)C(=O)C1(CN)CCOCC1.Cl.Cl. The highest BCUT2D eigenvalue weighted by atomic mass is 35.5. The van der Waals surface area contributed by atoms with Crippen LogP contribution in [0.1, 0.15) is 18.4 Å². The Morgan fingerprint density at radius 2 is 1.91 bits per heavy atom. The molecule has 1 fully saturated rings. The Morgan fingerprint density at radius 3 is 2.45 bits per heavy atom. The van der Waals surface area contributed by atoms with Crippen LogP contribution in [0.4, 0.5) is 0 Å². The van der Waals surface area contributed by atoms with E-state index in [1.165, 1.54) is 5.56 Å². The summed E-state index contributed by atoms with van der Waals surface area (Å²) < 4.78 is 5.35. The number of hydrogen-bond acceptors (Lipinski definition) is 4. The van der Waals surface area contributed by atoms with Crippen LogP contribution < -0.4 is 5.73 Å². The quantitative estimate of drug-likeness (QED) is 0.877. The molecule has 0 spiro atoms. The maximum absolute atomic E-state index is 12.7. The van der Waals surface area contributed by atoms with Crippen molar-refractivity contribution in [2.75, 3.05) is 33.4 Å².